The highest BCUT2D eigenvalue weighted by Crippen LogP contribution is 2.22. The van der Waals surface area contributed by atoms with E-state index in [1.54, 1.807) is 12.4 Å². The van der Waals surface area contributed by atoms with Gasteiger partial charge in [0.1, 0.15) is 11.6 Å². The molecule has 0 aliphatic carbocycles. The van der Waals surface area contributed by atoms with E-state index >= 15 is 0 Å². The third kappa shape index (κ3) is 3.61. The Morgan fingerprint density at radius 2 is 1.44 bits per heavy atom. The molecule has 126 valence electrons. The third-order valence-corrected chi connectivity index (χ3v) is 4.77. The molecule has 0 unspecified atom stereocenters. The van der Waals surface area contributed by atoms with E-state index in [2.05, 4.69) is 40.7 Å². The molecule has 25 heavy (non-hydrogen) atoms. The zero-order valence-corrected chi connectivity index (χ0v) is 15.2. The van der Waals surface area contributed by atoms with Gasteiger partial charge in [0.15, 0.2) is 0 Å². The summed E-state index contributed by atoms with van der Waals surface area (Å²) in [6.07, 6.45) is 8.88. The first-order chi connectivity index (χ1) is 12.3. The highest BCUT2D eigenvalue weighted by Gasteiger charge is 2.19. The van der Waals surface area contributed by atoms with E-state index in [0.29, 0.717) is 0 Å². The van der Waals surface area contributed by atoms with Crippen LogP contribution in [0.3, 0.4) is 0 Å². The molecule has 1 aliphatic heterocycles. The topological polar surface area (TPSA) is 58.0 Å². The minimum absolute atomic E-state index is 0.884. The van der Waals surface area contributed by atoms with Crippen LogP contribution in [0.25, 0.3) is 11.3 Å². The third-order valence-electron chi connectivity index (χ3n) is 4.24. The summed E-state index contributed by atoms with van der Waals surface area (Å²) in [7, 11) is 0. The van der Waals surface area contributed by atoms with Crippen LogP contribution in [0, 0.1) is 0 Å². The number of aromatic nitrogens is 4. The molecule has 0 bridgehead atoms. The Morgan fingerprint density at radius 1 is 0.760 bits per heavy atom. The molecule has 7 heteroatoms. The van der Waals surface area contributed by atoms with Crippen molar-refractivity contribution in [2.45, 2.75) is 0 Å². The summed E-state index contributed by atoms with van der Waals surface area (Å²) in [6.45, 7) is 3.55. The zero-order valence-electron chi connectivity index (χ0n) is 13.6. The van der Waals surface area contributed by atoms with E-state index in [0.717, 1.165) is 53.5 Å². The Labute approximate surface area is 154 Å². The van der Waals surface area contributed by atoms with Gasteiger partial charge in [-0.15, -0.1) is 0 Å². The van der Waals surface area contributed by atoms with Gasteiger partial charge in [-0.25, -0.2) is 9.97 Å². The Kier molecular flexibility index (Phi) is 4.56. The number of anilines is 2. The lowest BCUT2D eigenvalue weighted by molar-refractivity contribution is 0.640. The van der Waals surface area contributed by atoms with Crippen LogP contribution in [0.15, 0.2) is 59.7 Å². The Balaban J connectivity index is 1.48. The standard InChI is InChI=1S/C18H17BrN6/c19-15-3-1-14(2-4-15)16-11-21-13-18(23-16)25-9-7-24(8-10-25)17-12-20-5-6-22-17/h1-6,11-13H,7-10H2. The number of hydrogen-bond acceptors (Lipinski definition) is 6. The van der Waals surface area contributed by atoms with Gasteiger partial charge in [-0.2, -0.15) is 0 Å². The van der Waals surface area contributed by atoms with E-state index < -0.39 is 0 Å². The summed E-state index contributed by atoms with van der Waals surface area (Å²) in [4.78, 5) is 22.2. The molecule has 3 aromatic rings. The minimum Gasteiger partial charge on any atom is -0.352 e. The molecule has 0 spiro atoms. The van der Waals surface area contributed by atoms with Gasteiger partial charge in [0, 0.05) is 48.6 Å². The number of nitrogens with zero attached hydrogens (tertiary/aromatic N) is 6. The maximum atomic E-state index is 4.80. The highest BCUT2D eigenvalue weighted by atomic mass is 79.9. The Bertz CT molecular complexity index is 832. The average molecular weight is 397 g/mol. The largest absolute Gasteiger partial charge is 0.352 e. The first-order valence-electron chi connectivity index (χ1n) is 8.13. The van der Waals surface area contributed by atoms with E-state index in [-0.39, 0.29) is 0 Å². The Morgan fingerprint density at radius 3 is 2.12 bits per heavy atom. The second kappa shape index (κ2) is 7.14. The first kappa shape index (κ1) is 16.0. The van der Waals surface area contributed by atoms with Crippen LogP contribution in [0.2, 0.25) is 0 Å². The van der Waals surface area contributed by atoms with E-state index in [1.165, 1.54) is 0 Å². The Hall–Kier alpha value is -2.54. The van der Waals surface area contributed by atoms with Gasteiger partial charge in [-0.05, 0) is 12.1 Å². The minimum atomic E-state index is 0.884. The zero-order chi connectivity index (χ0) is 17.1. The molecule has 0 N–H and O–H groups in total. The number of benzene rings is 1. The SMILES string of the molecule is Brc1ccc(-c2cncc(N3CCN(c4cnccn4)CC3)n2)cc1. The summed E-state index contributed by atoms with van der Waals surface area (Å²) < 4.78 is 1.06. The van der Waals surface area contributed by atoms with Crippen LogP contribution in [-0.4, -0.2) is 46.1 Å². The summed E-state index contributed by atoms with van der Waals surface area (Å²) >= 11 is 3.46. The van der Waals surface area contributed by atoms with Crippen molar-refractivity contribution in [1.82, 2.24) is 19.9 Å². The van der Waals surface area contributed by atoms with Crippen molar-refractivity contribution in [3.05, 3.63) is 59.7 Å². The van der Waals surface area contributed by atoms with Gasteiger partial charge >= 0.3 is 0 Å². The second-order valence-electron chi connectivity index (χ2n) is 5.81. The lowest BCUT2D eigenvalue weighted by atomic mass is 10.2. The van der Waals surface area contributed by atoms with Crippen molar-refractivity contribution in [1.29, 1.82) is 0 Å². The second-order valence-corrected chi connectivity index (χ2v) is 6.72. The van der Waals surface area contributed by atoms with Crippen LogP contribution in [0.1, 0.15) is 0 Å². The molecule has 1 aliphatic rings. The van der Waals surface area contributed by atoms with Gasteiger partial charge in [0.25, 0.3) is 0 Å². The molecule has 1 aromatic carbocycles. The summed E-state index contributed by atoms with van der Waals surface area (Å²) in [5.41, 5.74) is 1.96. The van der Waals surface area contributed by atoms with Crippen molar-refractivity contribution in [3.8, 4) is 11.3 Å². The van der Waals surface area contributed by atoms with Crippen molar-refractivity contribution >= 4 is 27.6 Å². The maximum Gasteiger partial charge on any atom is 0.147 e. The normalized spacial score (nSPS) is 14.6. The highest BCUT2D eigenvalue weighted by molar-refractivity contribution is 9.10. The molecule has 4 rings (SSSR count). The molecule has 0 saturated carbocycles. The average Bonchev–Trinajstić information content (AvgIpc) is 2.69. The molecule has 6 nitrogen and oxygen atoms in total. The smallest absolute Gasteiger partial charge is 0.147 e. The van der Waals surface area contributed by atoms with Crippen LogP contribution in [0.5, 0.6) is 0 Å². The predicted molar refractivity (Wildman–Crippen MR) is 102 cm³/mol. The molecule has 0 amide bonds. The van der Waals surface area contributed by atoms with Gasteiger partial charge < -0.3 is 9.80 Å². The van der Waals surface area contributed by atoms with Crippen molar-refractivity contribution in [3.63, 3.8) is 0 Å². The molecule has 1 saturated heterocycles. The van der Waals surface area contributed by atoms with Gasteiger partial charge in [0.05, 0.1) is 24.3 Å². The number of piperazine rings is 1. The lowest BCUT2D eigenvalue weighted by Gasteiger charge is -2.35. The monoisotopic (exact) mass is 396 g/mol. The summed E-state index contributed by atoms with van der Waals surface area (Å²) in [5.74, 6) is 1.84. The number of rotatable bonds is 3. The van der Waals surface area contributed by atoms with E-state index in [4.69, 9.17) is 4.98 Å². The molecule has 0 radical (unpaired) electrons. The van der Waals surface area contributed by atoms with Gasteiger partial charge in [-0.1, -0.05) is 28.1 Å². The lowest BCUT2D eigenvalue weighted by Crippen LogP contribution is -2.47. The van der Waals surface area contributed by atoms with Crippen LogP contribution >= 0.6 is 15.9 Å². The summed E-state index contributed by atoms with van der Waals surface area (Å²) in [6, 6.07) is 8.13. The number of hydrogen-bond donors (Lipinski definition) is 0. The predicted octanol–water partition coefficient (Wildman–Crippen LogP) is 3.02. The van der Waals surface area contributed by atoms with Gasteiger partial charge in [-0.3, -0.25) is 9.97 Å². The maximum absolute atomic E-state index is 4.80. The van der Waals surface area contributed by atoms with Gasteiger partial charge in [0.2, 0.25) is 0 Å². The molecular weight excluding hydrogens is 380 g/mol. The summed E-state index contributed by atoms with van der Waals surface area (Å²) in [5, 5.41) is 0. The fraction of sp³-hybridized carbons (Fsp3) is 0.222. The molecule has 0 atom stereocenters. The number of halogens is 1. The first-order valence-corrected chi connectivity index (χ1v) is 8.93. The fourth-order valence-corrected chi connectivity index (χ4v) is 3.15. The fourth-order valence-electron chi connectivity index (χ4n) is 2.89. The van der Waals surface area contributed by atoms with E-state index in [1.807, 2.05) is 42.9 Å². The van der Waals surface area contributed by atoms with Crippen molar-refractivity contribution in [2.75, 3.05) is 36.0 Å². The molecule has 2 aromatic heterocycles. The van der Waals surface area contributed by atoms with Crippen molar-refractivity contribution in [2.24, 2.45) is 0 Å². The molecule has 1 fully saturated rings. The van der Waals surface area contributed by atoms with Crippen LogP contribution in [0.4, 0.5) is 11.6 Å². The molecule has 3 heterocycles. The quantitative estimate of drug-likeness (QED) is 0.677. The van der Waals surface area contributed by atoms with E-state index in [9.17, 15) is 0 Å². The van der Waals surface area contributed by atoms with Crippen LogP contribution in [-0.2, 0) is 0 Å². The molecular formula is C18H17BrN6. The van der Waals surface area contributed by atoms with Crippen molar-refractivity contribution < 1.29 is 0 Å². The van der Waals surface area contributed by atoms with Crippen LogP contribution < -0.4 is 9.80 Å².